The zero-order chi connectivity index (χ0) is 18.1. The quantitative estimate of drug-likeness (QED) is 0.454. The van der Waals surface area contributed by atoms with E-state index in [1.54, 1.807) is 0 Å². The predicted molar refractivity (Wildman–Crippen MR) is 91.6 cm³/mol. The monoisotopic (exact) mass is 382 g/mol. The topological polar surface area (TPSA) is 74.8 Å². The number of imide groups is 2. The number of Topliss-reactive ketones (excluding diaryl/α,β-unsaturated/α-hetero) is 1. The number of amides is 4. The number of ketones is 1. The average Bonchev–Trinajstić information content (AvgIpc) is 2.81. The molecule has 1 aromatic rings. The van der Waals surface area contributed by atoms with Gasteiger partial charge in [-0.1, -0.05) is 42.5 Å². The van der Waals surface area contributed by atoms with Crippen molar-refractivity contribution < 1.29 is 19.2 Å². The van der Waals surface area contributed by atoms with Gasteiger partial charge in [0.1, 0.15) is 0 Å². The number of benzene rings is 1. The van der Waals surface area contributed by atoms with E-state index < -0.39 is 30.2 Å². The maximum absolute atomic E-state index is 12.5. The van der Waals surface area contributed by atoms with Crippen molar-refractivity contribution in [3.8, 4) is 0 Å². The van der Waals surface area contributed by atoms with Gasteiger partial charge in [0.25, 0.3) is 0 Å². The summed E-state index contributed by atoms with van der Waals surface area (Å²) in [6, 6.07) is 3.32. The maximum Gasteiger partial charge on any atom is 0.334 e. The Morgan fingerprint density at radius 2 is 1.68 bits per heavy atom. The van der Waals surface area contributed by atoms with E-state index in [2.05, 4.69) is 0 Å². The third-order valence-corrected chi connectivity index (χ3v) is 5.31. The summed E-state index contributed by atoms with van der Waals surface area (Å²) in [6.07, 6.45) is 4.27. The van der Waals surface area contributed by atoms with Crippen molar-refractivity contribution in [2.75, 3.05) is 6.54 Å². The largest absolute Gasteiger partial charge is 0.334 e. The molecule has 2 aliphatic rings. The minimum atomic E-state index is -0.955. The molecule has 6 nitrogen and oxygen atoms in total. The van der Waals surface area contributed by atoms with Gasteiger partial charge in [-0.05, 0) is 31.0 Å². The number of hydrogen-bond acceptors (Lipinski definition) is 4. The lowest BCUT2D eigenvalue weighted by Crippen LogP contribution is -2.43. The predicted octanol–water partition coefficient (Wildman–Crippen LogP) is 3.30. The van der Waals surface area contributed by atoms with E-state index in [0.29, 0.717) is 22.8 Å². The Balaban J connectivity index is 1.76. The number of rotatable bonds is 4. The molecule has 1 saturated heterocycles. The molecule has 0 N–H and O–H groups in total. The van der Waals surface area contributed by atoms with Crippen LogP contribution in [-0.4, -0.2) is 46.0 Å². The summed E-state index contributed by atoms with van der Waals surface area (Å²) in [5, 5.41) is 0.497. The van der Waals surface area contributed by atoms with Gasteiger partial charge in [0.15, 0.2) is 5.78 Å². The van der Waals surface area contributed by atoms with Gasteiger partial charge < -0.3 is 0 Å². The highest BCUT2D eigenvalue weighted by molar-refractivity contribution is 6.45. The summed E-state index contributed by atoms with van der Waals surface area (Å²) < 4.78 is 0. The van der Waals surface area contributed by atoms with Crippen LogP contribution in [0.1, 0.15) is 42.5 Å². The smallest absolute Gasteiger partial charge is 0.292 e. The van der Waals surface area contributed by atoms with Crippen LogP contribution >= 0.6 is 23.2 Å². The number of urea groups is 1. The Bertz CT molecular complexity index is 759. The zero-order valence-electron chi connectivity index (χ0n) is 13.3. The second-order valence-electron chi connectivity index (χ2n) is 6.19. The number of hydrogen-bond donors (Lipinski definition) is 0. The molecule has 0 radical (unpaired) electrons. The lowest BCUT2D eigenvalue weighted by Gasteiger charge is -2.28. The van der Waals surface area contributed by atoms with Crippen LogP contribution in [-0.2, 0) is 9.59 Å². The van der Waals surface area contributed by atoms with Crippen molar-refractivity contribution in [2.45, 2.75) is 38.1 Å². The van der Waals surface area contributed by atoms with Crippen molar-refractivity contribution in [3.05, 3.63) is 33.8 Å². The molecule has 1 saturated carbocycles. The second-order valence-corrected chi connectivity index (χ2v) is 7.01. The molecule has 25 heavy (non-hydrogen) atoms. The summed E-state index contributed by atoms with van der Waals surface area (Å²) in [4.78, 5) is 51.0. The first-order valence-electron chi connectivity index (χ1n) is 8.07. The van der Waals surface area contributed by atoms with Gasteiger partial charge in [-0.3, -0.25) is 19.3 Å². The summed E-state index contributed by atoms with van der Waals surface area (Å²) in [7, 11) is 0. The molecule has 1 aromatic carbocycles. The van der Waals surface area contributed by atoms with E-state index in [9.17, 15) is 19.2 Å². The van der Waals surface area contributed by atoms with Gasteiger partial charge in [-0.25, -0.2) is 9.69 Å². The molecule has 1 aliphatic heterocycles. The average molecular weight is 383 g/mol. The number of carbonyl (C=O) groups excluding carboxylic acids is 4. The van der Waals surface area contributed by atoms with E-state index >= 15 is 0 Å². The third-order valence-electron chi connectivity index (χ3n) is 4.57. The van der Waals surface area contributed by atoms with Crippen LogP contribution in [0.25, 0.3) is 0 Å². The van der Waals surface area contributed by atoms with Crippen molar-refractivity contribution >= 4 is 46.8 Å². The van der Waals surface area contributed by atoms with Crippen molar-refractivity contribution in [1.82, 2.24) is 9.80 Å². The molecule has 0 bridgehead atoms. The fraction of sp³-hybridized carbons (Fsp3) is 0.412. The summed E-state index contributed by atoms with van der Waals surface area (Å²) in [6.45, 7) is -0.495. The normalized spacial score (nSPS) is 19.0. The van der Waals surface area contributed by atoms with Gasteiger partial charge in [0, 0.05) is 11.6 Å². The van der Waals surface area contributed by atoms with Crippen LogP contribution in [0.15, 0.2) is 18.2 Å². The van der Waals surface area contributed by atoms with Crippen LogP contribution < -0.4 is 0 Å². The highest BCUT2D eigenvalue weighted by Gasteiger charge is 2.48. The lowest BCUT2D eigenvalue weighted by molar-refractivity contribution is -0.144. The molecule has 2 fully saturated rings. The van der Waals surface area contributed by atoms with Gasteiger partial charge in [-0.2, -0.15) is 0 Å². The standard InChI is InChI=1S/C17H16Cl2N2O4/c18-12-7-6-10(8-13(12)19)14(22)9-20-15(23)16(24)21(17(20)25)11-4-2-1-3-5-11/h6-8,11H,1-5,9H2. The van der Waals surface area contributed by atoms with E-state index in [-0.39, 0.29) is 16.6 Å². The Labute approximate surface area is 154 Å². The Hall–Kier alpha value is -1.92. The maximum atomic E-state index is 12.5. The van der Waals surface area contributed by atoms with Crippen LogP contribution in [0, 0.1) is 0 Å². The Kier molecular flexibility index (Phi) is 5.11. The molecule has 1 heterocycles. The van der Waals surface area contributed by atoms with Crippen molar-refractivity contribution in [2.24, 2.45) is 0 Å². The molecule has 0 aromatic heterocycles. The Morgan fingerprint density at radius 1 is 1.00 bits per heavy atom. The SMILES string of the molecule is O=C(CN1C(=O)C(=O)N(C2CCCCC2)C1=O)c1ccc(Cl)c(Cl)c1. The fourth-order valence-electron chi connectivity index (χ4n) is 3.23. The number of halogens is 2. The van der Waals surface area contributed by atoms with E-state index in [4.69, 9.17) is 23.2 Å². The molecular weight excluding hydrogens is 367 g/mol. The first kappa shape index (κ1) is 17.9. The van der Waals surface area contributed by atoms with Crippen LogP contribution in [0.4, 0.5) is 4.79 Å². The Morgan fingerprint density at radius 3 is 2.32 bits per heavy atom. The minimum absolute atomic E-state index is 0.200. The van der Waals surface area contributed by atoms with Gasteiger partial charge in [0.2, 0.25) is 0 Å². The van der Waals surface area contributed by atoms with Crippen molar-refractivity contribution in [3.63, 3.8) is 0 Å². The molecule has 132 valence electrons. The van der Waals surface area contributed by atoms with Gasteiger partial charge >= 0.3 is 17.8 Å². The zero-order valence-corrected chi connectivity index (χ0v) is 14.8. The highest BCUT2D eigenvalue weighted by Crippen LogP contribution is 2.27. The summed E-state index contributed by atoms with van der Waals surface area (Å²) >= 11 is 11.7. The molecule has 0 spiro atoms. The van der Waals surface area contributed by atoms with Crippen LogP contribution in [0.3, 0.4) is 0 Å². The van der Waals surface area contributed by atoms with E-state index in [1.165, 1.54) is 18.2 Å². The number of nitrogens with zero attached hydrogens (tertiary/aromatic N) is 2. The first-order valence-corrected chi connectivity index (χ1v) is 8.83. The molecular formula is C17H16Cl2N2O4. The van der Waals surface area contributed by atoms with E-state index in [0.717, 1.165) is 24.2 Å². The molecule has 3 rings (SSSR count). The van der Waals surface area contributed by atoms with Gasteiger partial charge in [0.05, 0.1) is 16.6 Å². The van der Waals surface area contributed by atoms with Crippen LogP contribution in [0.2, 0.25) is 10.0 Å². The summed E-state index contributed by atoms with van der Waals surface area (Å²) in [5.74, 6) is -2.29. The molecule has 0 atom stereocenters. The number of carbonyl (C=O) groups is 4. The fourth-order valence-corrected chi connectivity index (χ4v) is 3.53. The second kappa shape index (κ2) is 7.14. The lowest BCUT2D eigenvalue weighted by atomic mass is 9.94. The minimum Gasteiger partial charge on any atom is -0.292 e. The van der Waals surface area contributed by atoms with Crippen LogP contribution in [0.5, 0.6) is 0 Å². The van der Waals surface area contributed by atoms with Gasteiger partial charge in [-0.15, -0.1) is 0 Å². The summed E-state index contributed by atoms with van der Waals surface area (Å²) in [5.41, 5.74) is 0.221. The first-order chi connectivity index (χ1) is 11.9. The molecule has 1 aliphatic carbocycles. The molecule has 8 heteroatoms. The highest BCUT2D eigenvalue weighted by atomic mass is 35.5. The van der Waals surface area contributed by atoms with Crippen molar-refractivity contribution in [1.29, 1.82) is 0 Å². The van der Waals surface area contributed by atoms with E-state index in [1.807, 2.05) is 0 Å². The molecule has 4 amide bonds. The third kappa shape index (κ3) is 3.41. The molecule has 0 unspecified atom stereocenters.